The second-order valence-electron chi connectivity index (χ2n) is 7.48. The van der Waals surface area contributed by atoms with Crippen LogP contribution in [0.2, 0.25) is 0 Å². The quantitative estimate of drug-likeness (QED) is 0.165. The lowest BCUT2D eigenvalue weighted by Crippen LogP contribution is -2.55. The van der Waals surface area contributed by atoms with Gasteiger partial charge in [-0.25, -0.2) is 9.78 Å². The van der Waals surface area contributed by atoms with Gasteiger partial charge in [0.15, 0.2) is 0 Å². The zero-order chi connectivity index (χ0) is 25.1. The Labute approximate surface area is 194 Å². The fourth-order valence-electron chi connectivity index (χ4n) is 3.00. The molecule has 1 aromatic heterocycles. The number of carbonyl (C=O) groups is 5. The third-order valence-corrected chi connectivity index (χ3v) is 4.71. The maximum absolute atomic E-state index is 12.6. The molecule has 13 heteroatoms. The highest BCUT2D eigenvalue weighted by molar-refractivity contribution is 5.95. The molecule has 0 aliphatic heterocycles. The second-order valence-corrected chi connectivity index (χ2v) is 7.48. The van der Waals surface area contributed by atoms with E-state index in [4.69, 9.17) is 11.5 Å². The second kappa shape index (κ2) is 12.7. The highest BCUT2D eigenvalue weighted by Crippen LogP contribution is 2.05. The van der Waals surface area contributed by atoms with Gasteiger partial charge in [-0.1, -0.05) is 30.3 Å². The number of aromatic amines is 1. The van der Waals surface area contributed by atoms with Crippen LogP contribution < -0.4 is 27.4 Å². The molecule has 3 unspecified atom stereocenters. The molecule has 0 bridgehead atoms. The molecule has 9 N–H and O–H groups in total. The summed E-state index contributed by atoms with van der Waals surface area (Å²) in [5.41, 5.74) is 12.3. The van der Waals surface area contributed by atoms with Crippen molar-refractivity contribution < 1.29 is 29.1 Å². The van der Waals surface area contributed by atoms with E-state index in [-0.39, 0.29) is 12.8 Å². The average Bonchev–Trinajstić information content (AvgIpc) is 3.29. The van der Waals surface area contributed by atoms with Gasteiger partial charge in [-0.15, -0.1) is 0 Å². The van der Waals surface area contributed by atoms with Crippen LogP contribution in [0.5, 0.6) is 0 Å². The number of carbonyl (C=O) groups excluding carboxylic acids is 4. The number of aromatic nitrogens is 2. The molecule has 182 valence electrons. The van der Waals surface area contributed by atoms with Gasteiger partial charge in [0.05, 0.1) is 25.3 Å². The third kappa shape index (κ3) is 8.70. The van der Waals surface area contributed by atoms with Gasteiger partial charge in [0.1, 0.15) is 12.1 Å². The summed E-state index contributed by atoms with van der Waals surface area (Å²) in [7, 11) is 0. The number of aliphatic carboxylic acids is 1. The Morgan fingerprint density at radius 1 is 1.00 bits per heavy atom. The largest absolute Gasteiger partial charge is 0.480 e. The number of carboxylic acids is 1. The summed E-state index contributed by atoms with van der Waals surface area (Å²) in [5.74, 6) is -4.49. The van der Waals surface area contributed by atoms with Crippen molar-refractivity contribution in [2.24, 2.45) is 11.5 Å². The van der Waals surface area contributed by atoms with Gasteiger partial charge in [0.2, 0.25) is 23.6 Å². The molecule has 0 saturated heterocycles. The van der Waals surface area contributed by atoms with Crippen molar-refractivity contribution in [2.75, 3.05) is 6.54 Å². The first-order chi connectivity index (χ1) is 16.2. The standard InChI is InChI=1S/C21H27N7O6/c22-14(7-13-9-24-11-26-13)19(31)25-10-18(30)27-15(8-17(23)29)20(32)28-16(21(33)34)6-12-4-2-1-3-5-12/h1-5,9,11,14-16H,6-8,10,22H2,(H2,23,29)(H,24,26)(H,25,31)(H,27,30)(H,28,32)(H,33,34). The fourth-order valence-corrected chi connectivity index (χ4v) is 3.00. The van der Waals surface area contributed by atoms with Gasteiger partial charge in [0.25, 0.3) is 0 Å². The van der Waals surface area contributed by atoms with Crippen molar-refractivity contribution >= 4 is 29.6 Å². The predicted octanol–water partition coefficient (Wildman–Crippen LogP) is -2.43. The minimum atomic E-state index is -1.43. The smallest absolute Gasteiger partial charge is 0.326 e. The van der Waals surface area contributed by atoms with Crippen LogP contribution in [0, 0.1) is 0 Å². The van der Waals surface area contributed by atoms with Crippen LogP contribution >= 0.6 is 0 Å². The molecule has 34 heavy (non-hydrogen) atoms. The van der Waals surface area contributed by atoms with Gasteiger partial charge in [-0.05, 0) is 5.56 Å². The highest BCUT2D eigenvalue weighted by Gasteiger charge is 2.28. The Hall–Kier alpha value is -4.26. The van der Waals surface area contributed by atoms with Crippen LogP contribution in [0.15, 0.2) is 42.9 Å². The SMILES string of the molecule is NC(=O)CC(NC(=O)CNC(=O)C(N)Cc1cnc[nH]1)C(=O)NC(Cc1ccccc1)C(=O)O. The van der Waals surface area contributed by atoms with E-state index in [0.717, 1.165) is 0 Å². The molecule has 0 saturated carbocycles. The molecule has 0 spiro atoms. The number of primary amides is 1. The number of amides is 4. The molecule has 4 amide bonds. The summed E-state index contributed by atoms with van der Waals surface area (Å²) in [4.78, 5) is 66.6. The first-order valence-electron chi connectivity index (χ1n) is 10.3. The maximum Gasteiger partial charge on any atom is 0.326 e. The normalized spacial score (nSPS) is 13.2. The van der Waals surface area contributed by atoms with Gasteiger partial charge in [-0.3, -0.25) is 19.2 Å². The lowest BCUT2D eigenvalue weighted by atomic mass is 10.1. The summed E-state index contributed by atoms with van der Waals surface area (Å²) in [6, 6.07) is 4.92. The minimum Gasteiger partial charge on any atom is -0.480 e. The molecule has 0 aliphatic rings. The van der Waals surface area contributed by atoms with Crippen LogP contribution in [0.1, 0.15) is 17.7 Å². The monoisotopic (exact) mass is 473 g/mol. The number of hydrogen-bond donors (Lipinski definition) is 7. The zero-order valence-corrected chi connectivity index (χ0v) is 18.2. The van der Waals surface area contributed by atoms with Crippen molar-refractivity contribution in [1.29, 1.82) is 0 Å². The van der Waals surface area contributed by atoms with Crippen molar-refractivity contribution in [3.05, 3.63) is 54.1 Å². The van der Waals surface area contributed by atoms with E-state index >= 15 is 0 Å². The lowest BCUT2D eigenvalue weighted by Gasteiger charge is -2.21. The number of nitrogens with one attached hydrogen (secondary N) is 4. The molecule has 13 nitrogen and oxygen atoms in total. The number of imidazole rings is 1. The van der Waals surface area contributed by atoms with Gasteiger partial charge in [0, 0.05) is 24.7 Å². The average molecular weight is 473 g/mol. The molecular weight excluding hydrogens is 446 g/mol. The minimum absolute atomic E-state index is 0.0105. The number of hydrogen-bond acceptors (Lipinski definition) is 7. The van der Waals surface area contributed by atoms with Crippen LogP contribution in [0.25, 0.3) is 0 Å². The number of benzene rings is 1. The Bertz CT molecular complexity index is 996. The van der Waals surface area contributed by atoms with E-state index in [1.807, 2.05) is 0 Å². The number of nitrogens with two attached hydrogens (primary N) is 2. The van der Waals surface area contributed by atoms with E-state index in [1.54, 1.807) is 30.3 Å². The first kappa shape index (κ1) is 26.0. The zero-order valence-electron chi connectivity index (χ0n) is 18.2. The topological polar surface area (TPSA) is 222 Å². The van der Waals surface area contributed by atoms with E-state index in [1.165, 1.54) is 12.5 Å². The van der Waals surface area contributed by atoms with Crippen LogP contribution in [-0.2, 0) is 36.8 Å². The molecule has 0 radical (unpaired) electrons. The molecule has 2 rings (SSSR count). The molecular formula is C21H27N7O6. The van der Waals surface area contributed by atoms with Gasteiger partial charge >= 0.3 is 5.97 Å². The van der Waals surface area contributed by atoms with Crippen LogP contribution in [-0.4, -0.2) is 69.3 Å². The molecule has 1 heterocycles. The Morgan fingerprint density at radius 2 is 1.71 bits per heavy atom. The summed E-state index contributed by atoms with van der Waals surface area (Å²) in [6.07, 6.45) is 2.53. The Kier molecular flexibility index (Phi) is 9.71. The maximum atomic E-state index is 12.6. The lowest BCUT2D eigenvalue weighted by molar-refractivity contribution is -0.142. The summed E-state index contributed by atoms with van der Waals surface area (Å²) in [6.45, 7) is -0.523. The molecule has 0 aliphatic carbocycles. The fraction of sp³-hybridized carbons (Fsp3) is 0.333. The van der Waals surface area contributed by atoms with Crippen molar-refractivity contribution in [2.45, 2.75) is 37.4 Å². The third-order valence-electron chi connectivity index (χ3n) is 4.71. The predicted molar refractivity (Wildman–Crippen MR) is 119 cm³/mol. The van der Waals surface area contributed by atoms with Crippen LogP contribution in [0.4, 0.5) is 0 Å². The number of nitrogens with zero attached hydrogens (tertiary/aromatic N) is 1. The molecule has 0 fully saturated rings. The van der Waals surface area contributed by atoms with Crippen LogP contribution in [0.3, 0.4) is 0 Å². The first-order valence-corrected chi connectivity index (χ1v) is 10.3. The van der Waals surface area contributed by atoms with Gasteiger partial charge < -0.3 is 37.5 Å². The van der Waals surface area contributed by atoms with E-state index < -0.39 is 60.7 Å². The number of H-pyrrole nitrogens is 1. The van der Waals surface area contributed by atoms with Crippen molar-refractivity contribution in [3.8, 4) is 0 Å². The van der Waals surface area contributed by atoms with E-state index in [9.17, 15) is 29.1 Å². The summed E-state index contributed by atoms with van der Waals surface area (Å²) >= 11 is 0. The van der Waals surface area contributed by atoms with E-state index in [0.29, 0.717) is 11.3 Å². The molecule has 2 aromatic rings. The molecule has 3 atom stereocenters. The summed E-state index contributed by atoms with van der Waals surface area (Å²) in [5, 5.41) is 16.4. The van der Waals surface area contributed by atoms with E-state index in [2.05, 4.69) is 25.9 Å². The molecule has 1 aromatic carbocycles. The van der Waals surface area contributed by atoms with Crippen molar-refractivity contribution in [3.63, 3.8) is 0 Å². The Morgan fingerprint density at radius 3 is 2.29 bits per heavy atom. The highest BCUT2D eigenvalue weighted by atomic mass is 16.4. The van der Waals surface area contributed by atoms with Crippen molar-refractivity contribution in [1.82, 2.24) is 25.9 Å². The van der Waals surface area contributed by atoms with Gasteiger partial charge in [-0.2, -0.15) is 0 Å². The Balaban J connectivity index is 1.93. The summed E-state index contributed by atoms with van der Waals surface area (Å²) < 4.78 is 0. The number of rotatable bonds is 13. The number of carboxylic acid groups (broad SMARTS) is 1.